The van der Waals surface area contributed by atoms with Crippen molar-refractivity contribution in [2.24, 2.45) is 0 Å². The Bertz CT molecular complexity index is 821. The zero-order valence-corrected chi connectivity index (χ0v) is 14.7. The summed E-state index contributed by atoms with van der Waals surface area (Å²) in [6.07, 6.45) is 3.05. The van der Waals surface area contributed by atoms with E-state index in [2.05, 4.69) is 20.3 Å². The molecule has 1 N–H and O–H groups in total. The molecule has 2 heterocycles. The van der Waals surface area contributed by atoms with Crippen molar-refractivity contribution in [3.63, 3.8) is 0 Å². The smallest absolute Gasteiger partial charge is 0.316 e. The van der Waals surface area contributed by atoms with E-state index >= 15 is 0 Å². The third-order valence-electron chi connectivity index (χ3n) is 3.00. The van der Waals surface area contributed by atoms with Gasteiger partial charge in [0.05, 0.1) is 12.9 Å². The van der Waals surface area contributed by atoms with E-state index in [0.29, 0.717) is 21.0 Å². The van der Waals surface area contributed by atoms with Crippen molar-refractivity contribution in [1.82, 2.24) is 10.2 Å². The highest BCUT2D eigenvalue weighted by Crippen LogP contribution is 2.32. The van der Waals surface area contributed by atoms with Crippen molar-refractivity contribution < 1.29 is 23.8 Å². The molecule has 8 nitrogen and oxygen atoms in total. The van der Waals surface area contributed by atoms with E-state index in [0.717, 1.165) is 5.56 Å². The quantitative estimate of drug-likeness (QED) is 0.353. The molecule has 0 radical (unpaired) electrons. The van der Waals surface area contributed by atoms with Gasteiger partial charge in [0, 0.05) is 6.08 Å². The van der Waals surface area contributed by atoms with Gasteiger partial charge in [-0.1, -0.05) is 29.2 Å². The number of benzene rings is 1. The fraction of sp³-hybridized carbons (Fsp3) is 0.200. The molecule has 0 saturated carbocycles. The first-order valence-corrected chi connectivity index (χ1v) is 8.86. The fourth-order valence-corrected chi connectivity index (χ4v) is 3.42. The van der Waals surface area contributed by atoms with Crippen LogP contribution in [0.4, 0.5) is 5.13 Å². The number of carbonyl (C=O) groups excluding carboxylic acids is 2. The first-order chi connectivity index (χ1) is 12.1. The van der Waals surface area contributed by atoms with Crippen LogP contribution < -0.4 is 14.8 Å². The fourth-order valence-electron chi connectivity index (χ4n) is 1.83. The summed E-state index contributed by atoms with van der Waals surface area (Å²) in [5.41, 5.74) is 0.811. The molecule has 2 aromatic rings. The number of aromatic nitrogens is 2. The Labute approximate surface area is 151 Å². The minimum absolute atomic E-state index is 0.142. The van der Waals surface area contributed by atoms with Crippen molar-refractivity contribution in [3.8, 4) is 11.5 Å². The SMILES string of the molecule is COC(=O)CSc1nnc(NC(=O)C=Cc2ccc3c(c2)OCO3)s1. The summed E-state index contributed by atoms with van der Waals surface area (Å²) in [6.45, 7) is 0.205. The summed E-state index contributed by atoms with van der Waals surface area (Å²) in [5, 5.41) is 10.7. The Kier molecular flexibility index (Phi) is 5.51. The van der Waals surface area contributed by atoms with Crippen molar-refractivity contribution in [2.45, 2.75) is 4.34 Å². The highest BCUT2D eigenvalue weighted by atomic mass is 32.2. The van der Waals surface area contributed by atoms with Gasteiger partial charge in [-0.05, 0) is 23.8 Å². The van der Waals surface area contributed by atoms with E-state index in [1.54, 1.807) is 18.2 Å². The maximum absolute atomic E-state index is 11.9. The first kappa shape index (κ1) is 17.2. The van der Waals surface area contributed by atoms with E-state index in [1.165, 1.54) is 36.3 Å². The third kappa shape index (κ3) is 4.70. The number of rotatable bonds is 6. The topological polar surface area (TPSA) is 99.6 Å². The van der Waals surface area contributed by atoms with Gasteiger partial charge in [0.2, 0.25) is 17.8 Å². The summed E-state index contributed by atoms with van der Waals surface area (Å²) in [5.74, 6) is 0.797. The van der Waals surface area contributed by atoms with Crippen LogP contribution >= 0.6 is 23.1 Å². The van der Waals surface area contributed by atoms with Gasteiger partial charge in [-0.2, -0.15) is 0 Å². The molecule has 3 rings (SSSR count). The molecule has 1 aromatic carbocycles. The molecule has 1 aliphatic rings. The molecule has 1 amide bonds. The van der Waals surface area contributed by atoms with E-state index in [9.17, 15) is 9.59 Å². The lowest BCUT2D eigenvalue weighted by atomic mass is 10.2. The lowest BCUT2D eigenvalue weighted by Crippen LogP contribution is -2.07. The molecule has 0 spiro atoms. The minimum atomic E-state index is -0.350. The zero-order chi connectivity index (χ0) is 17.6. The molecule has 10 heteroatoms. The van der Waals surface area contributed by atoms with Gasteiger partial charge in [0.1, 0.15) is 0 Å². The Hall–Kier alpha value is -2.59. The number of esters is 1. The van der Waals surface area contributed by atoms with Crippen molar-refractivity contribution in [2.75, 3.05) is 25.0 Å². The van der Waals surface area contributed by atoms with Crippen LogP contribution in [0.3, 0.4) is 0 Å². The average molecular weight is 379 g/mol. The lowest BCUT2D eigenvalue weighted by molar-refractivity contribution is -0.137. The number of hydrogen-bond acceptors (Lipinski definition) is 9. The molecule has 130 valence electrons. The normalized spacial score (nSPS) is 12.4. The number of fused-ring (bicyclic) bond motifs is 1. The van der Waals surface area contributed by atoms with Crippen LogP contribution in [0.25, 0.3) is 6.08 Å². The number of thioether (sulfide) groups is 1. The van der Waals surface area contributed by atoms with Crippen molar-refractivity contribution in [1.29, 1.82) is 0 Å². The maximum Gasteiger partial charge on any atom is 0.316 e. The predicted octanol–water partition coefficient (Wildman–Crippen LogP) is 2.18. The van der Waals surface area contributed by atoms with Crippen LogP contribution in [-0.4, -0.2) is 41.7 Å². The van der Waals surface area contributed by atoms with Crippen LogP contribution in [0, 0.1) is 0 Å². The van der Waals surface area contributed by atoms with Crippen LogP contribution in [0.1, 0.15) is 5.56 Å². The zero-order valence-electron chi connectivity index (χ0n) is 13.1. The standard InChI is InChI=1S/C15H13N3O5S2/c1-21-13(20)7-24-15-18-17-14(25-15)16-12(19)5-3-9-2-4-10-11(6-9)23-8-22-10/h2-6H,7-8H2,1H3,(H,16,17,19). The largest absolute Gasteiger partial charge is 0.468 e. The number of nitrogens with zero attached hydrogens (tertiary/aromatic N) is 2. The predicted molar refractivity (Wildman–Crippen MR) is 92.9 cm³/mol. The Balaban J connectivity index is 1.54. The number of amides is 1. The molecule has 0 bridgehead atoms. The second kappa shape index (κ2) is 7.99. The van der Waals surface area contributed by atoms with Gasteiger partial charge in [-0.3, -0.25) is 14.9 Å². The van der Waals surface area contributed by atoms with E-state index in [-0.39, 0.29) is 24.4 Å². The van der Waals surface area contributed by atoms with Gasteiger partial charge in [-0.15, -0.1) is 10.2 Å². The summed E-state index contributed by atoms with van der Waals surface area (Å²) >= 11 is 2.38. The second-order valence-corrected chi connectivity index (χ2v) is 6.87. The van der Waals surface area contributed by atoms with E-state index < -0.39 is 0 Å². The highest BCUT2D eigenvalue weighted by Gasteiger charge is 2.12. The molecule has 0 unspecified atom stereocenters. The molecule has 0 atom stereocenters. The number of ether oxygens (including phenoxy) is 3. The van der Waals surface area contributed by atoms with Gasteiger partial charge in [0.25, 0.3) is 0 Å². The Morgan fingerprint density at radius 1 is 1.36 bits per heavy atom. The highest BCUT2D eigenvalue weighted by molar-refractivity contribution is 8.01. The molecule has 25 heavy (non-hydrogen) atoms. The van der Waals surface area contributed by atoms with Crippen LogP contribution in [0.5, 0.6) is 11.5 Å². The summed E-state index contributed by atoms with van der Waals surface area (Å²) < 4.78 is 15.6. The average Bonchev–Trinajstić information content (AvgIpc) is 3.26. The third-order valence-corrected chi connectivity index (χ3v) is 4.95. The summed E-state index contributed by atoms with van der Waals surface area (Å²) in [4.78, 5) is 23.0. The van der Waals surface area contributed by atoms with Crippen molar-refractivity contribution >= 4 is 46.2 Å². The molecule has 1 aliphatic heterocycles. The summed E-state index contributed by atoms with van der Waals surface area (Å²) in [6, 6.07) is 5.40. The number of anilines is 1. The number of carbonyl (C=O) groups is 2. The summed E-state index contributed by atoms with van der Waals surface area (Å²) in [7, 11) is 1.32. The first-order valence-electron chi connectivity index (χ1n) is 7.06. The van der Waals surface area contributed by atoms with Crippen LogP contribution in [0.15, 0.2) is 28.6 Å². The molecular formula is C15H13N3O5S2. The molecule has 0 saturated heterocycles. The maximum atomic E-state index is 11.9. The second-order valence-electron chi connectivity index (χ2n) is 4.67. The van der Waals surface area contributed by atoms with Gasteiger partial charge in [0.15, 0.2) is 15.8 Å². The Morgan fingerprint density at radius 3 is 3.04 bits per heavy atom. The van der Waals surface area contributed by atoms with E-state index in [4.69, 9.17) is 9.47 Å². The van der Waals surface area contributed by atoms with Gasteiger partial charge in [-0.25, -0.2) is 0 Å². The van der Waals surface area contributed by atoms with Gasteiger partial charge < -0.3 is 14.2 Å². The van der Waals surface area contributed by atoms with E-state index in [1.807, 2.05) is 6.07 Å². The van der Waals surface area contributed by atoms with Crippen molar-refractivity contribution in [3.05, 3.63) is 29.8 Å². The lowest BCUT2D eigenvalue weighted by Gasteiger charge is -1.98. The number of methoxy groups -OCH3 is 1. The molecular weight excluding hydrogens is 366 g/mol. The molecule has 1 aromatic heterocycles. The molecule has 0 aliphatic carbocycles. The number of nitrogens with one attached hydrogen (secondary N) is 1. The number of hydrogen-bond donors (Lipinski definition) is 1. The Morgan fingerprint density at radius 2 is 2.20 bits per heavy atom. The van der Waals surface area contributed by atoms with Crippen LogP contribution in [-0.2, 0) is 14.3 Å². The van der Waals surface area contributed by atoms with Crippen LogP contribution in [0.2, 0.25) is 0 Å². The molecule has 0 fully saturated rings. The minimum Gasteiger partial charge on any atom is -0.468 e. The van der Waals surface area contributed by atoms with Gasteiger partial charge >= 0.3 is 5.97 Å². The monoisotopic (exact) mass is 379 g/mol.